The van der Waals surface area contributed by atoms with Crippen LogP contribution in [0.25, 0.3) is 0 Å². The highest BCUT2D eigenvalue weighted by Crippen LogP contribution is 2.24. The molecule has 1 heterocycles. The van der Waals surface area contributed by atoms with Crippen LogP contribution in [-0.2, 0) is 16.4 Å². The van der Waals surface area contributed by atoms with Crippen molar-refractivity contribution in [1.82, 2.24) is 14.9 Å². The average Bonchev–Trinajstić information content (AvgIpc) is 3.12. The summed E-state index contributed by atoms with van der Waals surface area (Å²) in [5.74, 6) is -0.543. The van der Waals surface area contributed by atoms with Crippen LogP contribution in [0.5, 0.6) is 0 Å². The summed E-state index contributed by atoms with van der Waals surface area (Å²) in [6.07, 6.45) is 0.539. The summed E-state index contributed by atoms with van der Waals surface area (Å²) < 4.78 is 26.9. The predicted molar refractivity (Wildman–Crippen MR) is 110 cm³/mol. The van der Waals surface area contributed by atoms with E-state index < -0.39 is 15.9 Å². The Kier molecular flexibility index (Phi) is 6.63. The third-order valence-electron chi connectivity index (χ3n) is 3.58. The number of carbonyl (C=O) groups excluding carboxylic acids is 1. The van der Waals surface area contributed by atoms with Crippen molar-refractivity contribution in [3.8, 4) is 0 Å². The molecule has 1 aromatic heterocycles. The highest BCUT2D eigenvalue weighted by Gasteiger charge is 2.21. The van der Waals surface area contributed by atoms with Crippen molar-refractivity contribution in [1.29, 1.82) is 0 Å². The van der Waals surface area contributed by atoms with Gasteiger partial charge in [-0.25, -0.2) is 13.1 Å². The second kappa shape index (κ2) is 8.97. The molecule has 0 radical (unpaired) electrons. The molecule has 0 saturated carbocycles. The van der Waals surface area contributed by atoms with Crippen LogP contribution in [0.1, 0.15) is 15.9 Å². The Balaban J connectivity index is 1.63. The first-order chi connectivity index (χ1) is 13.3. The molecule has 0 unspecified atom stereocenters. The highest BCUT2D eigenvalue weighted by molar-refractivity contribution is 7.91. The van der Waals surface area contributed by atoms with E-state index in [9.17, 15) is 13.2 Å². The van der Waals surface area contributed by atoms with E-state index in [1.54, 1.807) is 0 Å². The summed E-state index contributed by atoms with van der Waals surface area (Å²) in [5, 5.41) is 10.4. The lowest BCUT2D eigenvalue weighted by atomic mass is 10.2. The molecule has 2 N–H and O–H groups in total. The largest absolute Gasteiger partial charge is 0.296 e. The summed E-state index contributed by atoms with van der Waals surface area (Å²) in [6, 6.07) is 13.9. The van der Waals surface area contributed by atoms with Crippen LogP contribution in [-0.4, -0.2) is 31.1 Å². The first-order valence-corrected chi connectivity index (χ1v) is 11.0. The van der Waals surface area contributed by atoms with Crippen molar-refractivity contribution >= 4 is 55.6 Å². The Labute approximate surface area is 175 Å². The van der Waals surface area contributed by atoms with Crippen LogP contribution in [0.15, 0.2) is 52.9 Å². The average molecular weight is 457 g/mol. The fraction of sp³-hybridized carbons (Fsp3) is 0.118. The molecular weight excluding hydrogens is 443 g/mol. The van der Waals surface area contributed by atoms with Gasteiger partial charge >= 0.3 is 0 Å². The summed E-state index contributed by atoms with van der Waals surface area (Å²) >= 11 is 12.5. The Morgan fingerprint density at radius 2 is 1.82 bits per heavy atom. The monoisotopic (exact) mass is 456 g/mol. The molecular formula is C17H14Cl2N4O3S2. The van der Waals surface area contributed by atoms with E-state index in [0.29, 0.717) is 11.4 Å². The fourth-order valence-corrected chi connectivity index (χ4v) is 4.70. The Morgan fingerprint density at radius 3 is 2.54 bits per heavy atom. The number of nitrogens with zero attached hydrogens (tertiary/aromatic N) is 2. The van der Waals surface area contributed by atoms with Crippen LogP contribution in [0.4, 0.5) is 5.13 Å². The summed E-state index contributed by atoms with van der Waals surface area (Å²) in [7, 11) is -3.82. The van der Waals surface area contributed by atoms with Gasteiger partial charge in [-0.15, -0.1) is 10.2 Å². The molecule has 0 aliphatic carbocycles. The summed E-state index contributed by atoms with van der Waals surface area (Å²) in [4.78, 5) is 12.3. The molecule has 0 saturated heterocycles. The van der Waals surface area contributed by atoms with Gasteiger partial charge in [0.1, 0.15) is 0 Å². The smallest absolute Gasteiger partial charge is 0.269 e. The minimum Gasteiger partial charge on any atom is -0.296 e. The normalized spacial score (nSPS) is 11.4. The molecule has 146 valence electrons. The zero-order valence-electron chi connectivity index (χ0n) is 14.2. The van der Waals surface area contributed by atoms with E-state index >= 15 is 0 Å². The van der Waals surface area contributed by atoms with Gasteiger partial charge in [0, 0.05) is 11.6 Å². The molecule has 3 rings (SSSR count). The van der Waals surface area contributed by atoms with Crippen molar-refractivity contribution < 1.29 is 13.2 Å². The van der Waals surface area contributed by atoms with Gasteiger partial charge in [0.15, 0.2) is 0 Å². The van der Waals surface area contributed by atoms with E-state index in [0.717, 1.165) is 16.9 Å². The lowest BCUT2D eigenvalue weighted by Crippen LogP contribution is -2.25. The number of hydrogen-bond acceptors (Lipinski definition) is 6. The van der Waals surface area contributed by atoms with Gasteiger partial charge in [-0.05, 0) is 30.2 Å². The van der Waals surface area contributed by atoms with Crippen LogP contribution in [0, 0.1) is 0 Å². The third-order valence-corrected chi connectivity index (χ3v) is 6.80. The van der Waals surface area contributed by atoms with Crippen LogP contribution >= 0.6 is 34.5 Å². The number of benzene rings is 2. The lowest BCUT2D eigenvalue weighted by Gasteiger charge is -2.04. The first-order valence-electron chi connectivity index (χ1n) is 7.98. The van der Waals surface area contributed by atoms with Gasteiger partial charge in [0.05, 0.1) is 10.6 Å². The quantitative estimate of drug-likeness (QED) is 0.528. The number of carbonyl (C=O) groups is 1. The molecule has 0 fully saturated rings. The second-order valence-electron chi connectivity index (χ2n) is 5.58. The van der Waals surface area contributed by atoms with Gasteiger partial charge < -0.3 is 0 Å². The zero-order chi connectivity index (χ0) is 20.1. The van der Waals surface area contributed by atoms with E-state index in [-0.39, 0.29) is 26.6 Å². The molecule has 3 aromatic rings. The van der Waals surface area contributed by atoms with E-state index in [1.165, 1.54) is 18.2 Å². The maximum Gasteiger partial charge on any atom is 0.269 e. The van der Waals surface area contributed by atoms with Crippen LogP contribution < -0.4 is 10.0 Å². The highest BCUT2D eigenvalue weighted by atomic mass is 35.5. The third kappa shape index (κ3) is 5.27. The van der Waals surface area contributed by atoms with Gasteiger partial charge in [-0.1, -0.05) is 64.9 Å². The lowest BCUT2D eigenvalue weighted by molar-refractivity contribution is 0.102. The van der Waals surface area contributed by atoms with Crippen LogP contribution in [0.3, 0.4) is 0 Å². The van der Waals surface area contributed by atoms with Gasteiger partial charge in [0.25, 0.3) is 15.9 Å². The fourth-order valence-electron chi connectivity index (χ4n) is 2.24. The number of amides is 1. The van der Waals surface area contributed by atoms with Crippen molar-refractivity contribution in [2.24, 2.45) is 0 Å². The van der Waals surface area contributed by atoms with E-state index in [4.69, 9.17) is 23.2 Å². The molecule has 28 heavy (non-hydrogen) atoms. The van der Waals surface area contributed by atoms with E-state index in [2.05, 4.69) is 20.2 Å². The number of halogens is 2. The van der Waals surface area contributed by atoms with Gasteiger partial charge in [-0.3, -0.25) is 10.1 Å². The predicted octanol–water partition coefficient (Wildman–Crippen LogP) is 3.62. The Morgan fingerprint density at radius 1 is 1.07 bits per heavy atom. The van der Waals surface area contributed by atoms with Gasteiger partial charge in [0.2, 0.25) is 9.47 Å². The number of anilines is 1. The van der Waals surface area contributed by atoms with Gasteiger partial charge in [-0.2, -0.15) is 0 Å². The number of sulfonamides is 1. The number of aromatic nitrogens is 2. The van der Waals surface area contributed by atoms with Crippen LogP contribution in [0.2, 0.25) is 10.0 Å². The summed E-state index contributed by atoms with van der Waals surface area (Å²) in [6.45, 7) is 0.216. The molecule has 1 amide bonds. The molecule has 7 nitrogen and oxygen atoms in total. The molecule has 0 aliphatic heterocycles. The Hall–Kier alpha value is -2.04. The maximum atomic E-state index is 12.3. The summed E-state index contributed by atoms with van der Waals surface area (Å²) in [5.41, 5.74) is 1.20. The van der Waals surface area contributed by atoms with E-state index in [1.807, 2.05) is 30.3 Å². The Bertz CT molecular complexity index is 1090. The first kappa shape index (κ1) is 20.7. The van der Waals surface area contributed by atoms with Crippen molar-refractivity contribution in [2.75, 3.05) is 11.9 Å². The molecule has 0 bridgehead atoms. The number of nitrogens with one attached hydrogen (secondary N) is 2. The maximum absolute atomic E-state index is 12.3. The SMILES string of the molecule is O=C(Nc1nnc(S(=O)(=O)NCCc2ccccc2)s1)c1ccc(Cl)cc1Cl. The second-order valence-corrected chi connectivity index (χ2v) is 9.35. The molecule has 0 spiro atoms. The number of rotatable bonds is 7. The molecule has 2 aromatic carbocycles. The standard InChI is InChI=1S/C17H14Cl2N4O3S2/c18-12-6-7-13(14(19)10-12)15(24)21-16-22-23-17(27-16)28(25,26)20-9-8-11-4-2-1-3-5-11/h1-7,10,20H,8-9H2,(H,21,22,24). The molecule has 0 atom stereocenters. The van der Waals surface area contributed by atoms with Crippen molar-refractivity contribution in [2.45, 2.75) is 10.8 Å². The minimum atomic E-state index is -3.82. The molecule has 11 heteroatoms. The van der Waals surface area contributed by atoms with Crippen molar-refractivity contribution in [3.63, 3.8) is 0 Å². The van der Waals surface area contributed by atoms with Crippen molar-refractivity contribution in [3.05, 3.63) is 69.7 Å². The minimum absolute atomic E-state index is 0.0412. The topological polar surface area (TPSA) is 101 Å². The zero-order valence-corrected chi connectivity index (χ0v) is 17.4. The number of hydrogen-bond donors (Lipinski definition) is 2. The molecule has 0 aliphatic rings.